The summed E-state index contributed by atoms with van der Waals surface area (Å²) in [5.41, 5.74) is 1.48. The van der Waals surface area contributed by atoms with Crippen LogP contribution in [-0.2, 0) is 0 Å². The van der Waals surface area contributed by atoms with Crippen LogP contribution in [0.25, 0.3) is 17.1 Å². The molecule has 3 nitrogen and oxygen atoms in total. The maximum Gasteiger partial charge on any atom is 0.306 e. The Bertz CT molecular complexity index is 701. The van der Waals surface area contributed by atoms with Crippen molar-refractivity contribution in [1.29, 1.82) is 0 Å². The average molecular weight is 264 g/mol. The molecule has 0 spiro atoms. The number of nitrogens with zero attached hydrogens (tertiary/aromatic N) is 2. The number of rotatable bonds is 1. The number of hydrogen-bond acceptors (Lipinski definition) is 2. The maximum absolute atomic E-state index is 13.6. The second-order valence-electron chi connectivity index (χ2n) is 3.73. The van der Waals surface area contributed by atoms with Crippen LogP contribution in [0, 0.1) is 18.6 Å². The molecule has 0 aliphatic carbocycles. The van der Waals surface area contributed by atoms with Gasteiger partial charge in [0.15, 0.2) is 0 Å². The molecule has 0 fully saturated rings. The van der Waals surface area contributed by atoms with E-state index in [0.29, 0.717) is 11.5 Å². The van der Waals surface area contributed by atoms with E-state index in [1.807, 2.05) is 13.8 Å². The predicted octanol–water partition coefficient (Wildman–Crippen LogP) is 4.21. The fourth-order valence-electron chi connectivity index (χ4n) is 1.84. The van der Waals surface area contributed by atoms with Crippen LogP contribution in [0.1, 0.15) is 19.5 Å². The number of fused-ring (bicyclic) bond motifs is 1. The number of imidazole rings is 1. The summed E-state index contributed by atoms with van der Waals surface area (Å²) in [5.74, 6) is -0.845. The lowest BCUT2D eigenvalue weighted by molar-refractivity contribution is 0.585. The molecule has 0 radical (unpaired) electrons. The Hall–Kier alpha value is -2.17. The predicted molar refractivity (Wildman–Crippen MR) is 68.9 cm³/mol. The van der Waals surface area contributed by atoms with Crippen LogP contribution in [0.15, 0.2) is 35.1 Å². The zero-order valence-electron chi connectivity index (χ0n) is 10.9. The van der Waals surface area contributed by atoms with Crippen molar-refractivity contribution in [3.63, 3.8) is 0 Å². The molecule has 0 N–H and O–H groups in total. The normalized spacial score (nSPS) is 10.4. The molecule has 0 amide bonds. The van der Waals surface area contributed by atoms with Gasteiger partial charge in [0, 0.05) is 17.8 Å². The first-order chi connectivity index (χ1) is 9.16. The zero-order chi connectivity index (χ0) is 14.0. The van der Waals surface area contributed by atoms with Gasteiger partial charge in [-0.2, -0.15) is 4.98 Å². The third-order valence-corrected chi connectivity index (χ3v) is 2.69. The number of aryl methyl sites for hydroxylation is 1. The number of oxazole rings is 1. The van der Waals surface area contributed by atoms with Crippen molar-refractivity contribution in [3.05, 3.63) is 48.0 Å². The van der Waals surface area contributed by atoms with Crippen LogP contribution in [-0.4, -0.2) is 9.38 Å². The van der Waals surface area contributed by atoms with Crippen LogP contribution in [0.4, 0.5) is 8.78 Å². The highest BCUT2D eigenvalue weighted by atomic mass is 19.1. The van der Waals surface area contributed by atoms with E-state index >= 15 is 0 Å². The summed E-state index contributed by atoms with van der Waals surface area (Å²) in [6, 6.07) is 3.42. The minimum atomic E-state index is -0.631. The van der Waals surface area contributed by atoms with Gasteiger partial charge in [-0.15, -0.1) is 0 Å². The van der Waals surface area contributed by atoms with Gasteiger partial charge in [-0.3, -0.25) is 4.40 Å². The molecule has 0 aliphatic heterocycles. The molecule has 2 heterocycles. The summed E-state index contributed by atoms with van der Waals surface area (Å²) in [6.07, 6.45) is 3.20. The van der Waals surface area contributed by atoms with E-state index in [1.165, 1.54) is 18.4 Å². The summed E-state index contributed by atoms with van der Waals surface area (Å²) in [5, 5.41) is 0. The zero-order valence-corrected chi connectivity index (χ0v) is 10.9. The minimum Gasteiger partial charge on any atom is -0.432 e. The fourth-order valence-corrected chi connectivity index (χ4v) is 1.84. The Morgan fingerprint density at radius 3 is 2.58 bits per heavy atom. The Balaban J connectivity index is 0.000000637. The van der Waals surface area contributed by atoms with Gasteiger partial charge in [0.1, 0.15) is 17.9 Å². The standard InChI is InChI=1S/C12H8F2N2O.C2H6/c1-7-11(15-12-16(7)4-5-17-12)9-3-2-8(13)6-10(9)14;1-2/h2-6H,1H3;1-2H3. The summed E-state index contributed by atoms with van der Waals surface area (Å²) in [4.78, 5) is 4.17. The van der Waals surface area contributed by atoms with Crippen molar-refractivity contribution in [1.82, 2.24) is 9.38 Å². The van der Waals surface area contributed by atoms with E-state index in [2.05, 4.69) is 4.98 Å². The SMILES string of the molecule is CC.Cc1c(-c2ccc(F)cc2F)nc2occn12. The van der Waals surface area contributed by atoms with Crippen molar-refractivity contribution in [2.45, 2.75) is 20.8 Å². The van der Waals surface area contributed by atoms with Gasteiger partial charge in [0.05, 0.1) is 11.4 Å². The van der Waals surface area contributed by atoms with E-state index in [4.69, 9.17) is 4.42 Å². The molecule has 3 rings (SSSR count). The molecule has 0 unspecified atom stereocenters. The molecule has 0 saturated carbocycles. The summed E-state index contributed by atoms with van der Waals surface area (Å²) in [6.45, 7) is 5.80. The highest BCUT2D eigenvalue weighted by Gasteiger charge is 2.15. The number of hydrogen-bond donors (Lipinski definition) is 0. The van der Waals surface area contributed by atoms with E-state index in [-0.39, 0.29) is 5.56 Å². The number of benzene rings is 1. The molecule has 100 valence electrons. The van der Waals surface area contributed by atoms with Crippen molar-refractivity contribution in [2.75, 3.05) is 0 Å². The minimum absolute atomic E-state index is 0.266. The lowest BCUT2D eigenvalue weighted by Gasteiger charge is -2.00. The van der Waals surface area contributed by atoms with E-state index in [1.54, 1.807) is 17.5 Å². The Kier molecular flexibility index (Phi) is 3.64. The molecule has 1 aromatic carbocycles. The Morgan fingerprint density at radius 1 is 1.21 bits per heavy atom. The second kappa shape index (κ2) is 5.22. The van der Waals surface area contributed by atoms with Gasteiger partial charge < -0.3 is 4.42 Å². The monoisotopic (exact) mass is 264 g/mol. The molecule has 0 saturated heterocycles. The van der Waals surface area contributed by atoms with Crippen LogP contribution < -0.4 is 0 Å². The third kappa shape index (κ3) is 2.23. The summed E-state index contributed by atoms with van der Waals surface area (Å²) < 4.78 is 33.3. The van der Waals surface area contributed by atoms with Crippen molar-refractivity contribution >= 4 is 5.84 Å². The molecule has 0 bridgehead atoms. The molecular formula is C14H14F2N2O. The molecular weight excluding hydrogens is 250 g/mol. The van der Waals surface area contributed by atoms with Gasteiger partial charge in [-0.25, -0.2) is 8.78 Å². The maximum atomic E-state index is 13.6. The quantitative estimate of drug-likeness (QED) is 0.659. The highest BCUT2D eigenvalue weighted by molar-refractivity contribution is 5.65. The molecule has 0 aliphatic rings. The third-order valence-electron chi connectivity index (χ3n) is 2.69. The average Bonchev–Trinajstić information content (AvgIpc) is 2.96. The lowest BCUT2D eigenvalue weighted by atomic mass is 10.1. The highest BCUT2D eigenvalue weighted by Crippen LogP contribution is 2.26. The number of aromatic nitrogens is 2. The lowest BCUT2D eigenvalue weighted by Crippen LogP contribution is -1.89. The van der Waals surface area contributed by atoms with Crippen LogP contribution in [0.3, 0.4) is 0 Å². The van der Waals surface area contributed by atoms with Gasteiger partial charge in [0.2, 0.25) is 0 Å². The van der Waals surface area contributed by atoms with Crippen molar-refractivity contribution < 1.29 is 13.2 Å². The van der Waals surface area contributed by atoms with Crippen LogP contribution in [0.2, 0.25) is 0 Å². The van der Waals surface area contributed by atoms with Gasteiger partial charge in [-0.1, -0.05) is 13.8 Å². The second-order valence-corrected chi connectivity index (χ2v) is 3.73. The summed E-state index contributed by atoms with van der Waals surface area (Å²) in [7, 11) is 0. The molecule has 3 aromatic rings. The first-order valence-electron chi connectivity index (χ1n) is 6.04. The van der Waals surface area contributed by atoms with Crippen molar-refractivity contribution in [3.8, 4) is 11.3 Å². The van der Waals surface area contributed by atoms with Crippen molar-refractivity contribution in [2.24, 2.45) is 0 Å². The number of halogens is 2. The first kappa shape index (κ1) is 13.3. The van der Waals surface area contributed by atoms with E-state index in [9.17, 15) is 8.78 Å². The molecule has 19 heavy (non-hydrogen) atoms. The topological polar surface area (TPSA) is 30.4 Å². The Morgan fingerprint density at radius 2 is 1.95 bits per heavy atom. The summed E-state index contributed by atoms with van der Waals surface area (Å²) >= 11 is 0. The van der Waals surface area contributed by atoms with E-state index < -0.39 is 11.6 Å². The molecule has 2 aromatic heterocycles. The van der Waals surface area contributed by atoms with Crippen LogP contribution in [0.5, 0.6) is 0 Å². The van der Waals surface area contributed by atoms with Gasteiger partial charge in [0.25, 0.3) is 0 Å². The fraction of sp³-hybridized carbons (Fsp3) is 0.214. The van der Waals surface area contributed by atoms with E-state index in [0.717, 1.165) is 11.8 Å². The van der Waals surface area contributed by atoms with Gasteiger partial charge >= 0.3 is 5.84 Å². The van der Waals surface area contributed by atoms with Gasteiger partial charge in [-0.05, 0) is 19.1 Å². The van der Waals surface area contributed by atoms with Crippen LogP contribution >= 0.6 is 0 Å². The largest absolute Gasteiger partial charge is 0.432 e. The molecule has 0 atom stereocenters. The smallest absolute Gasteiger partial charge is 0.306 e. The first-order valence-corrected chi connectivity index (χ1v) is 6.04. The molecule has 5 heteroatoms. The Labute approximate surface area is 109 Å².